The molecule has 4 rings (SSSR count). The van der Waals surface area contributed by atoms with Crippen LogP contribution in [0.15, 0.2) is 65.0 Å². The lowest BCUT2D eigenvalue weighted by atomic mass is 9.94. The largest absolute Gasteiger partial charge is 0.326 e. The van der Waals surface area contributed by atoms with Gasteiger partial charge in [-0.3, -0.25) is 9.59 Å². The first-order valence-corrected chi connectivity index (χ1v) is 14.0. The number of nitrogens with zero attached hydrogens (tertiary/aromatic N) is 3. The van der Waals surface area contributed by atoms with E-state index in [4.69, 9.17) is 0 Å². The van der Waals surface area contributed by atoms with E-state index in [1.165, 1.54) is 46.8 Å². The summed E-state index contributed by atoms with van der Waals surface area (Å²) < 4.78 is 30.6. The second-order valence-corrected chi connectivity index (χ2v) is 12.3. The highest BCUT2D eigenvalue weighted by molar-refractivity contribution is 7.89. The van der Waals surface area contributed by atoms with Crippen molar-refractivity contribution in [3.05, 3.63) is 65.5 Å². The summed E-state index contributed by atoms with van der Waals surface area (Å²) in [5.74, 6) is -0.0208. The summed E-state index contributed by atoms with van der Waals surface area (Å²) >= 11 is 1.33. The molecule has 190 valence electrons. The monoisotopic (exact) mass is 526 g/mol. The van der Waals surface area contributed by atoms with Crippen molar-refractivity contribution >= 4 is 49.1 Å². The number of allylic oxidation sites excluding steroid dienone is 1. The van der Waals surface area contributed by atoms with Crippen LogP contribution < -0.4 is 10.1 Å². The van der Waals surface area contributed by atoms with Crippen molar-refractivity contribution in [1.29, 1.82) is 0 Å². The van der Waals surface area contributed by atoms with Crippen molar-refractivity contribution < 1.29 is 18.0 Å². The van der Waals surface area contributed by atoms with Gasteiger partial charge >= 0.3 is 0 Å². The molecule has 1 aromatic heterocycles. The minimum Gasteiger partial charge on any atom is -0.326 e. The Morgan fingerprint density at radius 1 is 1.14 bits per heavy atom. The van der Waals surface area contributed by atoms with Gasteiger partial charge in [-0.2, -0.15) is 9.30 Å². The Balaban J connectivity index is 1.63. The Morgan fingerprint density at radius 3 is 2.42 bits per heavy atom. The molecule has 0 spiro atoms. The molecule has 0 bridgehead atoms. The first-order valence-electron chi connectivity index (χ1n) is 11.8. The van der Waals surface area contributed by atoms with E-state index in [0.29, 0.717) is 47.5 Å². The van der Waals surface area contributed by atoms with Crippen LogP contribution in [0.3, 0.4) is 0 Å². The molecule has 0 saturated carbocycles. The van der Waals surface area contributed by atoms with E-state index in [0.717, 1.165) is 16.6 Å². The SMILES string of the molecule is C=CCn1c(=NC(=O)c2ccc(S(=O)(=O)N3CC(C)CC(C)C3)cc2)sc2cc(NC(C)=O)ccc21. The van der Waals surface area contributed by atoms with Crippen LogP contribution in [0, 0.1) is 11.8 Å². The molecule has 1 aliphatic rings. The van der Waals surface area contributed by atoms with Crippen LogP contribution in [0.4, 0.5) is 5.69 Å². The van der Waals surface area contributed by atoms with Crippen LogP contribution in [0.5, 0.6) is 0 Å². The fourth-order valence-electron chi connectivity index (χ4n) is 4.62. The van der Waals surface area contributed by atoms with Gasteiger partial charge in [0.25, 0.3) is 5.91 Å². The maximum absolute atomic E-state index is 13.1. The van der Waals surface area contributed by atoms with Gasteiger partial charge in [0.1, 0.15) is 0 Å². The second kappa shape index (κ2) is 10.5. The van der Waals surface area contributed by atoms with Gasteiger partial charge < -0.3 is 9.88 Å². The topological polar surface area (TPSA) is 101 Å². The highest BCUT2D eigenvalue weighted by Crippen LogP contribution is 2.27. The summed E-state index contributed by atoms with van der Waals surface area (Å²) in [6, 6.07) is 11.5. The average Bonchev–Trinajstić information content (AvgIpc) is 3.14. The number of piperidine rings is 1. The van der Waals surface area contributed by atoms with Crippen LogP contribution in [0.25, 0.3) is 10.2 Å². The Morgan fingerprint density at radius 2 is 1.81 bits per heavy atom. The zero-order valence-electron chi connectivity index (χ0n) is 20.6. The third kappa shape index (κ3) is 5.50. The fourth-order valence-corrected chi connectivity index (χ4v) is 7.37. The van der Waals surface area contributed by atoms with Gasteiger partial charge in [-0.1, -0.05) is 31.3 Å². The summed E-state index contributed by atoms with van der Waals surface area (Å²) in [5.41, 5.74) is 1.83. The third-order valence-corrected chi connectivity index (χ3v) is 8.97. The summed E-state index contributed by atoms with van der Waals surface area (Å²) in [5, 5.41) is 2.76. The number of hydrogen-bond donors (Lipinski definition) is 1. The molecule has 1 fully saturated rings. The fraction of sp³-hybridized carbons (Fsp3) is 0.346. The summed E-state index contributed by atoms with van der Waals surface area (Å²) in [7, 11) is -3.63. The number of nitrogens with one attached hydrogen (secondary N) is 1. The Bertz CT molecular complexity index is 1480. The third-order valence-electron chi connectivity index (χ3n) is 6.09. The van der Waals surface area contributed by atoms with E-state index < -0.39 is 15.9 Å². The van der Waals surface area contributed by atoms with Gasteiger partial charge in [0.15, 0.2) is 4.80 Å². The lowest BCUT2D eigenvalue weighted by molar-refractivity contribution is -0.114. The van der Waals surface area contributed by atoms with Crippen LogP contribution in [-0.2, 0) is 21.4 Å². The van der Waals surface area contributed by atoms with Crippen molar-refractivity contribution in [1.82, 2.24) is 8.87 Å². The quantitative estimate of drug-likeness (QED) is 0.485. The number of carbonyl (C=O) groups is 2. The van der Waals surface area contributed by atoms with Crippen LogP contribution in [0.1, 0.15) is 37.6 Å². The predicted molar refractivity (Wildman–Crippen MR) is 142 cm³/mol. The van der Waals surface area contributed by atoms with Crippen LogP contribution >= 0.6 is 11.3 Å². The van der Waals surface area contributed by atoms with Gasteiger partial charge in [-0.25, -0.2) is 8.42 Å². The van der Waals surface area contributed by atoms with Crippen LogP contribution in [-0.4, -0.2) is 42.2 Å². The smallest absolute Gasteiger partial charge is 0.279 e. The van der Waals surface area contributed by atoms with E-state index in [9.17, 15) is 18.0 Å². The number of rotatable bonds is 6. The lowest BCUT2D eigenvalue weighted by Gasteiger charge is -2.34. The van der Waals surface area contributed by atoms with E-state index in [-0.39, 0.29) is 10.8 Å². The molecule has 2 atom stereocenters. The highest BCUT2D eigenvalue weighted by Gasteiger charge is 2.31. The van der Waals surface area contributed by atoms with Gasteiger partial charge in [0.05, 0.1) is 15.1 Å². The molecule has 1 aliphatic heterocycles. The molecule has 36 heavy (non-hydrogen) atoms. The standard InChI is InChI=1S/C26H30N4O4S2/c1-5-12-30-23-11-8-21(27-19(4)31)14-24(23)35-26(30)28-25(32)20-6-9-22(10-7-20)36(33,34)29-15-17(2)13-18(3)16-29/h5-11,14,17-18H,1,12-13,15-16H2,2-4H3,(H,27,31). The number of amides is 2. The van der Waals surface area contributed by atoms with Gasteiger partial charge in [-0.05, 0) is 60.7 Å². The van der Waals surface area contributed by atoms with Crippen LogP contribution in [0.2, 0.25) is 0 Å². The Labute approximate surface area is 215 Å². The predicted octanol–water partition coefficient (Wildman–Crippen LogP) is 4.25. The van der Waals surface area contributed by atoms with Gasteiger partial charge in [0.2, 0.25) is 15.9 Å². The molecular weight excluding hydrogens is 496 g/mol. The molecule has 2 heterocycles. The first-order chi connectivity index (χ1) is 17.1. The summed E-state index contributed by atoms with van der Waals surface area (Å²) in [4.78, 5) is 29.4. The van der Waals surface area contributed by atoms with Crippen molar-refractivity contribution in [2.75, 3.05) is 18.4 Å². The number of benzene rings is 2. The van der Waals surface area contributed by atoms with Gasteiger partial charge in [-0.15, -0.1) is 6.58 Å². The van der Waals surface area contributed by atoms with Crippen molar-refractivity contribution in [3.63, 3.8) is 0 Å². The molecular formula is C26H30N4O4S2. The molecule has 0 aliphatic carbocycles. The normalized spacial score (nSPS) is 19.4. The lowest BCUT2D eigenvalue weighted by Crippen LogP contribution is -2.42. The number of anilines is 1. The Kier molecular flexibility index (Phi) is 7.58. The van der Waals surface area contributed by atoms with E-state index in [1.807, 2.05) is 16.7 Å². The van der Waals surface area contributed by atoms with Crippen molar-refractivity contribution in [2.45, 2.75) is 38.6 Å². The number of hydrogen-bond acceptors (Lipinski definition) is 5. The number of carbonyl (C=O) groups excluding carboxylic acids is 2. The number of fused-ring (bicyclic) bond motifs is 1. The first kappa shape index (κ1) is 26.0. The maximum atomic E-state index is 13.1. The molecule has 1 saturated heterocycles. The maximum Gasteiger partial charge on any atom is 0.279 e. The number of aromatic nitrogens is 1. The molecule has 8 nitrogen and oxygen atoms in total. The van der Waals surface area contributed by atoms with E-state index >= 15 is 0 Å². The zero-order valence-corrected chi connectivity index (χ0v) is 22.2. The van der Waals surface area contributed by atoms with Crippen molar-refractivity contribution in [3.8, 4) is 0 Å². The average molecular weight is 527 g/mol. The molecule has 2 unspecified atom stereocenters. The molecule has 2 amide bonds. The van der Waals surface area contributed by atoms with E-state index in [1.54, 1.807) is 12.1 Å². The van der Waals surface area contributed by atoms with E-state index in [2.05, 4.69) is 30.7 Å². The minimum atomic E-state index is -3.63. The second-order valence-electron chi connectivity index (χ2n) is 9.36. The molecule has 1 N–H and O–H groups in total. The molecule has 0 radical (unpaired) electrons. The minimum absolute atomic E-state index is 0.167. The molecule has 3 aromatic rings. The summed E-state index contributed by atoms with van der Waals surface area (Å²) in [6.07, 6.45) is 2.73. The zero-order chi connectivity index (χ0) is 26.0. The Hall–Kier alpha value is -3.08. The van der Waals surface area contributed by atoms with Gasteiger partial charge in [0, 0.05) is 37.8 Å². The molecule has 2 aromatic carbocycles. The highest BCUT2D eigenvalue weighted by atomic mass is 32.2. The summed E-state index contributed by atoms with van der Waals surface area (Å²) in [6.45, 7) is 10.8. The number of sulfonamides is 1. The number of thiazole rings is 1. The molecule has 10 heteroatoms. The van der Waals surface area contributed by atoms with Crippen molar-refractivity contribution in [2.24, 2.45) is 16.8 Å².